The summed E-state index contributed by atoms with van der Waals surface area (Å²) in [5, 5.41) is 13.3. The smallest absolute Gasteiger partial charge is 0.341 e. The van der Waals surface area contributed by atoms with Crippen LogP contribution in [0.25, 0.3) is 6.08 Å². The second-order valence-electron chi connectivity index (χ2n) is 7.46. The van der Waals surface area contributed by atoms with E-state index in [9.17, 15) is 9.59 Å². The van der Waals surface area contributed by atoms with E-state index in [1.807, 2.05) is 67.2 Å². The highest BCUT2D eigenvalue weighted by atomic mass is 16.5. The minimum absolute atomic E-state index is 0.113. The summed E-state index contributed by atoms with van der Waals surface area (Å²) in [6.07, 6.45) is 5.52. The third kappa shape index (κ3) is 3.76. The van der Waals surface area contributed by atoms with Gasteiger partial charge in [-0.2, -0.15) is 5.10 Å². The lowest BCUT2D eigenvalue weighted by molar-refractivity contribution is -0.139. The summed E-state index contributed by atoms with van der Waals surface area (Å²) in [7, 11) is 0. The normalized spacial score (nSPS) is 16.7. The molecule has 0 saturated heterocycles. The summed E-state index contributed by atoms with van der Waals surface area (Å²) in [6, 6.07) is 13.6. The van der Waals surface area contributed by atoms with Gasteiger partial charge in [0, 0.05) is 23.3 Å². The van der Waals surface area contributed by atoms with Gasteiger partial charge in [-0.25, -0.2) is 4.79 Å². The molecule has 4 rings (SSSR count). The van der Waals surface area contributed by atoms with E-state index in [1.165, 1.54) is 0 Å². The van der Waals surface area contributed by atoms with Gasteiger partial charge < -0.3 is 9.84 Å². The first kappa shape index (κ1) is 19.6. The fourth-order valence-electron chi connectivity index (χ4n) is 3.93. The number of hydrogen-bond donors (Lipinski definition) is 1. The zero-order valence-electron chi connectivity index (χ0n) is 16.8. The lowest BCUT2D eigenvalue weighted by Crippen LogP contribution is -2.11. The Balaban J connectivity index is 1.63. The number of ketones is 1. The number of nitrogens with zero attached hydrogens (tertiary/aromatic N) is 2. The van der Waals surface area contributed by atoms with E-state index in [-0.39, 0.29) is 11.7 Å². The molecule has 6 nitrogen and oxygen atoms in total. The number of aromatic nitrogens is 2. The Morgan fingerprint density at radius 2 is 2.00 bits per heavy atom. The first-order valence-electron chi connectivity index (χ1n) is 9.75. The largest absolute Gasteiger partial charge is 0.481 e. The second kappa shape index (κ2) is 7.99. The summed E-state index contributed by atoms with van der Waals surface area (Å²) in [4.78, 5) is 24.1. The third-order valence-electron chi connectivity index (χ3n) is 5.33. The van der Waals surface area contributed by atoms with Crippen LogP contribution >= 0.6 is 0 Å². The number of Topliss-reactive ketones (excluding diaryl/α,β-unsaturated/α-hetero) is 1. The first-order chi connectivity index (χ1) is 14.4. The Bertz CT molecular complexity index is 1150. The Morgan fingerprint density at radius 1 is 1.23 bits per heavy atom. The number of aryl methyl sites for hydroxylation is 1. The molecule has 0 saturated carbocycles. The van der Waals surface area contributed by atoms with Crippen molar-refractivity contribution in [2.24, 2.45) is 0 Å². The van der Waals surface area contributed by atoms with E-state index in [0.717, 1.165) is 22.3 Å². The number of aliphatic carboxylic acids is 1. The van der Waals surface area contributed by atoms with Crippen molar-refractivity contribution < 1.29 is 19.4 Å². The van der Waals surface area contributed by atoms with Gasteiger partial charge in [0.25, 0.3) is 0 Å². The van der Waals surface area contributed by atoms with Crippen LogP contribution in [0.15, 0.2) is 60.4 Å². The van der Waals surface area contributed by atoms with Crippen molar-refractivity contribution in [1.82, 2.24) is 9.78 Å². The topological polar surface area (TPSA) is 81.4 Å². The molecule has 1 aliphatic rings. The molecule has 1 N–H and O–H groups in total. The second-order valence-corrected chi connectivity index (χ2v) is 7.46. The van der Waals surface area contributed by atoms with Gasteiger partial charge in [0.1, 0.15) is 5.75 Å². The summed E-state index contributed by atoms with van der Waals surface area (Å²) < 4.78 is 7.23. The van der Waals surface area contributed by atoms with Crippen LogP contribution in [0, 0.1) is 6.92 Å². The molecule has 1 aromatic heterocycles. The van der Waals surface area contributed by atoms with E-state index in [0.29, 0.717) is 23.4 Å². The van der Waals surface area contributed by atoms with Crippen molar-refractivity contribution in [3.63, 3.8) is 0 Å². The van der Waals surface area contributed by atoms with E-state index < -0.39 is 12.6 Å². The predicted molar refractivity (Wildman–Crippen MR) is 113 cm³/mol. The molecule has 30 heavy (non-hydrogen) atoms. The van der Waals surface area contributed by atoms with Gasteiger partial charge in [0.15, 0.2) is 12.4 Å². The highest BCUT2D eigenvalue weighted by Crippen LogP contribution is 2.44. The Hall–Kier alpha value is -3.67. The number of allylic oxidation sites excluding steroid dienone is 1. The Labute approximate surface area is 174 Å². The maximum atomic E-state index is 13.2. The number of carboxylic acid groups (broad SMARTS) is 1. The number of benzene rings is 2. The maximum absolute atomic E-state index is 13.2. The zero-order valence-corrected chi connectivity index (χ0v) is 16.8. The van der Waals surface area contributed by atoms with Gasteiger partial charge >= 0.3 is 5.97 Å². The molecule has 0 aliphatic heterocycles. The SMILES string of the molecule is Cc1ccc(OCC(=O)O)c2c1C(C)/C(=C/c1cnn(Cc3ccccc3)c1)C2=O. The molecule has 0 spiro atoms. The highest BCUT2D eigenvalue weighted by molar-refractivity contribution is 6.18. The standard InChI is InChI=1S/C24H22N2O4/c1-15-8-9-20(30-14-21(27)28)23-22(15)16(2)19(24(23)29)10-18-11-25-26(13-18)12-17-6-4-3-5-7-17/h3-11,13,16H,12,14H2,1-2H3,(H,27,28)/b19-10-. The molecule has 6 heteroatoms. The number of rotatable bonds is 6. The molecule has 3 aromatic rings. The van der Waals surface area contributed by atoms with Crippen LogP contribution < -0.4 is 4.74 Å². The molecule has 1 aliphatic carbocycles. The molecule has 1 heterocycles. The highest BCUT2D eigenvalue weighted by Gasteiger charge is 2.36. The van der Waals surface area contributed by atoms with Crippen molar-refractivity contribution in [1.29, 1.82) is 0 Å². The van der Waals surface area contributed by atoms with E-state index in [4.69, 9.17) is 9.84 Å². The molecule has 0 amide bonds. The number of hydrogen-bond acceptors (Lipinski definition) is 4. The number of carbonyl (C=O) groups excluding carboxylic acids is 1. The Morgan fingerprint density at radius 3 is 2.73 bits per heavy atom. The van der Waals surface area contributed by atoms with Crippen LogP contribution in [0.2, 0.25) is 0 Å². The fraction of sp³-hybridized carbons (Fsp3) is 0.208. The van der Waals surface area contributed by atoms with Crippen LogP contribution in [0.4, 0.5) is 0 Å². The average Bonchev–Trinajstić information content (AvgIpc) is 3.26. The molecule has 1 unspecified atom stereocenters. The number of ether oxygens (including phenoxy) is 1. The van der Waals surface area contributed by atoms with Crippen molar-refractivity contribution in [3.8, 4) is 5.75 Å². The fourth-order valence-corrected chi connectivity index (χ4v) is 3.93. The van der Waals surface area contributed by atoms with E-state index >= 15 is 0 Å². The minimum atomic E-state index is -1.08. The van der Waals surface area contributed by atoms with Crippen LogP contribution in [0.1, 0.15) is 45.5 Å². The van der Waals surface area contributed by atoms with Crippen LogP contribution in [0.5, 0.6) is 5.75 Å². The average molecular weight is 402 g/mol. The first-order valence-corrected chi connectivity index (χ1v) is 9.75. The quantitative estimate of drug-likeness (QED) is 0.628. The number of carbonyl (C=O) groups is 2. The minimum Gasteiger partial charge on any atom is -0.481 e. The van der Waals surface area contributed by atoms with Gasteiger partial charge in [-0.1, -0.05) is 43.3 Å². The van der Waals surface area contributed by atoms with Crippen LogP contribution in [-0.2, 0) is 11.3 Å². The summed E-state index contributed by atoms with van der Waals surface area (Å²) in [5.74, 6) is -1.00. The van der Waals surface area contributed by atoms with Crippen molar-refractivity contribution in [3.05, 3.63) is 88.2 Å². The molecule has 2 aromatic carbocycles. The molecule has 0 fully saturated rings. The molecular weight excluding hydrogens is 380 g/mol. The van der Waals surface area contributed by atoms with E-state index in [1.54, 1.807) is 12.3 Å². The number of fused-ring (bicyclic) bond motifs is 1. The predicted octanol–water partition coefficient (Wildman–Crippen LogP) is 4.09. The maximum Gasteiger partial charge on any atom is 0.341 e. The zero-order chi connectivity index (χ0) is 21.3. The van der Waals surface area contributed by atoms with E-state index in [2.05, 4.69) is 5.10 Å². The van der Waals surface area contributed by atoms with Gasteiger partial charge in [-0.05, 0) is 35.8 Å². The van der Waals surface area contributed by atoms with Crippen molar-refractivity contribution >= 4 is 17.8 Å². The van der Waals surface area contributed by atoms with Gasteiger partial charge in [-0.3, -0.25) is 9.48 Å². The van der Waals surface area contributed by atoms with Gasteiger partial charge in [0.05, 0.1) is 18.3 Å². The van der Waals surface area contributed by atoms with Crippen molar-refractivity contribution in [2.45, 2.75) is 26.3 Å². The summed E-state index contributed by atoms with van der Waals surface area (Å²) in [5.41, 5.74) is 4.99. The summed E-state index contributed by atoms with van der Waals surface area (Å²) in [6.45, 7) is 4.10. The lowest BCUT2D eigenvalue weighted by atomic mass is 9.95. The Kier molecular flexibility index (Phi) is 5.23. The summed E-state index contributed by atoms with van der Waals surface area (Å²) >= 11 is 0. The van der Waals surface area contributed by atoms with Crippen LogP contribution in [-0.4, -0.2) is 33.2 Å². The molecular formula is C24H22N2O4. The van der Waals surface area contributed by atoms with Crippen LogP contribution in [0.3, 0.4) is 0 Å². The third-order valence-corrected chi connectivity index (χ3v) is 5.33. The van der Waals surface area contributed by atoms with Gasteiger partial charge in [-0.15, -0.1) is 0 Å². The number of carboxylic acids is 1. The van der Waals surface area contributed by atoms with Gasteiger partial charge in [0.2, 0.25) is 0 Å². The van der Waals surface area contributed by atoms with Crippen molar-refractivity contribution in [2.75, 3.05) is 6.61 Å². The molecule has 0 radical (unpaired) electrons. The molecule has 152 valence electrons. The molecule has 0 bridgehead atoms. The molecule has 1 atom stereocenters. The lowest BCUT2D eigenvalue weighted by Gasteiger charge is -2.12. The monoisotopic (exact) mass is 402 g/mol.